The Morgan fingerprint density at radius 1 is 1.14 bits per heavy atom. The fourth-order valence-electron chi connectivity index (χ4n) is 0.767. The number of carbonyl (C=O) groups is 3. The normalized spacial score (nSPS) is 9.57. The van der Waals surface area contributed by atoms with Crippen molar-refractivity contribution in [3.05, 3.63) is 0 Å². The van der Waals surface area contributed by atoms with Gasteiger partial charge in [-0.25, -0.2) is 0 Å². The topological polar surface area (TPSA) is 60.4 Å². The zero-order valence-corrected chi connectivity index (χ0v) is 8.80. The first kappa shape index (κ1) is 13.1. The van der Waals surface area contributed by atoms with Gasteiger partial charge >= 0.3 is 5.97 Å². The van der Waals surface area contributed by atoms with Crippen molar-refractivity contribution in [3.63, 3.8) is 0 Å². The van der Waals surface area contributed by atoms with Gasteiger partial charge in [0.15, 0.2) is 6.61 Å². The molecule has 0 heterocycles. The molecule has 0 spiro atoms. The number of carbonyl (C=O) groups excluding carboxylic acids is 3. The van der Waals surface area contributed by atoms with Gasteiger partial charge in [0.05, 0.1) is 0 Å². The maximum absolute atomic E-state index is 11.0. The summed E-state index contributed by atoms with van der Waals surface area (Å²) in [5, 5.41) is 0. The van der Waals surface area contributed by atoms with Crippen LogP contribution in [-0.2, 0) is 19.1 Å². The van der Waals surface area contributed by atoms with E-state index in [0.29, 0.717) is 18.7 Å². The lowest BCUT2D eigenvalue weighted by molar-refractivity contribution is -0.148. The first-order valence-corrected chi connectivity index (χ1v) is 4.86. The smallest absolute Gasteiger partial charge is 0.303 e. The Kier molecular flexibility index (Phi) is 7.02. The van der Waals surface area contributed by atoms with E-state index >= 15 is 0 Å². The number of unbranched alkanes of at least 4 members (excludes halogenated alkanes) is 1. The van der Waals surface area contributed by atoms with Crippen LogP contribution in [0.2, 0.25) is 0 Å². The highest BCUT2D eigenvalue weighted by Gasteiger charge is 2.14. The number of ether oxygens (including phenoxy) is 1. The van der Waals surface area contributed by atoms with Crippen molar-refractivity contribution < 1.29 is 19.1 Å². The van der Waals surface area contributed by atoms with Gasteiger partial charge in [-0.2, -0.15) is 0 Å². The monoisotopic (exact) mass is 220 g/mol. The molecule has 0 aromatic rings. The van der Waals surface area contributed by atoms with E-state index in [-0.39, 0.29) is 6.42 Å². The third-order valence-corrected chi connectivity index (χ3v) is 1.77. The van der Waals surface area contributed by atoms with Gasteiger partial charge in [-0.3, -0.25) is 14.4 Å². The molecule has 0 fully saturated rings. The molecule has 0 N–H and O–H groups in total. The number of halogens is 1. The molecule has 0 bridgehead atoms. The maximum atomic E-state index is 11.0. The average Bonchev–Trinajstić information content (AvgIpc) is 2.14. The molecule has 0 aliphatic rings. The van der Waals surface area contributed by atoms with Gasteiger partial charge in [-0.15, -0.1) is 11.6 Å². The number of esters is 1. The molecule has 80 valence electrons. The standard InChI is InChI=1S/C9H13ClO4/c1-7(11)14-6-9(13)8(12)4-2-3-5-10/h2-6H2,1H3. The van der Waals surface area contributed by atoms with Crippen LogP contribution in [-0.4, -0.2) is 30.0 Å². The largest absolute Gasteiger partial charge is 0.457 e. The first-order chi connectivity index (χ1) is 6.57. The lowest BCUT2D eigenvalue weighted by Gasteiger charge is -2.00. The zero-order chi connectivity index (χ0) is 11.0. The second-order valence-corrected chi connectivity index (χ2v) is 3.15. The van der Waals surface area contributed by atoms with Gasteiger partial charge in [-0.1, -0.05) is 0 Å². The Morgan fingerprint density at radius 2 is 1.79 bits per heavy atom. The minimum atomic E-state index is -0.658. The lowest BCUT2D eigenvalue weighted by Crippen LogP contribution is -2.20. The van der Waals surface area contributed by atoms with E-state index < -0.39 is 24.1 Å². The van der Waals surface area contributed by atoms with Crippen LogP contribution in [0.15, 0.2) is 0 Å². The number of ketones is 2. The molecule has 0 aliphatic carbocycles. The van der Waals surface area contributed by atoms with Gasteiger partial charge in [0.1, 0.15) is 0 Å². The van der Waals surface area contributed by atoms with Crippen molar-refractivity contribution in [2.24, 2.45) is 0 Å². The van der Waals surface area contributed by atoms with Crippen LogP contribution in [0, 0.1) is 0 Å². The van der Waals surface area contributed by atoms with Crippen LogP contribution >= 0.6 is 11.6 Å². The quantitative estimate of drug-likeness (QED) is 0.279. The summed E-state index contributed by atoms with van der Waals surface area (Å²) in [7, 11) is 0. The van der Waals surface area contributed by atoms with Gasteiger partial charge in [0.25, 0.3) is 0 Å². The molecule has 0 aliphatic heterocycles. The summed E-state index contributed by atoms with van der Waals surface area (Å²) in [4.78, 5) is 32.4. The summed E-state index contributed by atoms with van der Waals surface area (Å²) < 4.78 is 4.40. The molecule has 0 atom stereocenters. The van der Waals surface area contributed by atoms with E-state index in [2.05, 4.69) is 4.74 Å². The Labute approximate surface area is 87.6 Å². The van der Waals surface area contributed by atoms with Crippen molar-refractivity contribution in [2.75, 3.05) is 12.5 Å². The molecular formula is C9H13ClO4. The molecule has 5 heteroatoms. The van der Waals surface area contributed by atoms with E-state index in [1.54, 1.807) is 0 Å². The summed E-state index contributed by atoms with van der Waals surface area (Å²) in [5.74, 6) is -1.25. The van der Waals surface area contributed by atoms with Crippen molar-refractivity contribution >= 4 is 29.1 Å². The van der Waals surface area contributed by atoms with Crippen LogP contribution < -0.4 is 0 Å². The molecule has 14 heavy (non-hydrogen) atoms. The molecule has 0 saturated carbocycles. The van der Waals surface area contributed by atoms with E-state index in [4.69, 9.17) is 11.6 Å². The maximum Gasteiger partial charge on any atom is 0.303 e. The minimum absolute atomic E-state index is 0.173. The summed E-state index contributed by atoms with van der Waals surface area (Å²) in [6.45, 7) is 0.736. The second kappa shape index (κ2) is 7.50. The average molecular weight is 221 g/mol. The van der Waals surface area contributed by atoms with E-state index in [1.807, 2.05) is 0 Å². The number of hydrogen-bond donors (Lipinski definition) is 0. The molecule has 4 nitrogen and oxygen atoms in total. The van der Waals surface area contributed by atoms with E-state index in [0.717, 1.165) is 0 Å². The molecule has 0 rings (SSSR count). The van der Waals surface area contributed by atoms with Gasteiger partial charge in [0, 0.05) is 19.2 Å². The number of Topliss-reactive ketones (excluding diaryl/α,β-unsaturated/α-hetero) is 2. The molecule has 0 aromatic carbocycles. The third-order valence-electron chi connectivity index (χ3n) is 1.50. The Morgan fingerprint density at radius 3 is 2.29 bits per heavy atom. The highest BCUT2D eigenvalue weighted by Crippen LogP contribution is 1.99. The minimum Gasteiger partial charge on any atom is -0.457 e. The number of hydrogen-bond acceptors (Lipinski definition) is 4. The Bertz CT molecular complexity index is 225. The molecular weight excluding hydrogens is 208 g/mol. The molecule has 0 saturated heterocycles. The van der Waals surface area contributed by atoms with Crippen LogP contribution in [0.3, 0.4) is 0 Å². The van der Waals surface area contributed by atoms with E-state index in [9.17, 15) is 14.4 Å². The number of rotatable bonds is 7. The molecule has 0 amide bonds. The SMILES string of the molecule is CC(=O)OCC(=O)C(=O)CCCCCl. The zero-order valence-electron chi connectivity index (χ0n) is 8.05. The van der Waals surface area contributed by atoms with Crippen molar-refractivity contribution in [1.82, 2.24) is 0 Å². The summed E-state index contributed by atoms with van der Waals surface area (Å²) >= 11 is 5.40. The predicted octanol–water partition coefficient (Wildman–Crippen LogP) is 1.10. The first-order valence-electron chi connectivity index (χ1n) is 4.33. The van der Waals surface area contributed by atoms with Crippen molar-refractivity contribution in [3.8, 4) is 0 Å². The molecule has 0 radical (unpaired) electrons. The number of alkyl halides is 1. The van der Waals surface area contributed by atoms with Crippen LogP contribution in [0.25, 0.3) is 0 Å². The Balaban J connectivity index is 3.65. The molecule has 0 unspecified atom stereocenters. The summed E-state index contributed by atoms with van der Waals surface area (Å²) in [6, 6.07) is 0. The lowest BCUT2D eigenvalue weighted by atomic mass is 10.1. The van der Waals surface area contributed by atoms with Crippen LogP contribution in [0.5, 0.6) is 0 Å². The highest BCUT2D eigenvalue weighted by atomic mass is 35.5. The highest BCUT2D eigenvalue weighted by molar-refractivity contribution is 6.37. The summed E-state index contributed by atoms with van der Waals surface area (Å²) in [5.41, 5.74) is 0. The van der Waals surface area contributed by atoms with Crippen LogP contribution in [0.4, 0.5) is 0 Å². The summed E-state index contributed by atoms with van der Waals surface area (Å²) in [6.07, 6.45) is 1.47. The second-order valence-electron chi connectivity index (χ2n) is 2.77. The Hall–Kier alpha value is -0.900. The molecule has 0 aromatic heterocycles. The van der Waals surface area contributed by atoms with Crippen molar-refractivity contribution in [2.45, 2.75) is 26.2 Å². The van der Waals surface area contributed by atoms with Crippen LogP contribution in [0.1, 0.15) is 26.2 Å². The predicted molar refractivity (Wildman–Crippen MR) is 51.2 cm³/mol. The van der Waals surface area contributed by atoms with Gasteiger partial charge < -0.3 is 4.74 Å². The van der Waals surface area contributed by atoms with E-state index in [1.165, 1.54) is 6.92 Å². The third kappa shape index (κ3) is 6.60. The van der Waals surface area contributed by atoms with Gasteiger partial charge in [-0.05, 0) is 12.8 Å². The fraction of sp³-hybridized carbons (Fsp3) is 0.667. The van der Waals surface area contributed by atoms with Crippen molar-refractivity contribution in [1.29, 1.82) is 0 Å². The van der Waals surface area contributed by atoms with Gasteiger partial charge in [0.2, 0.25) is 11.6 Å². The fourth-order valence-corrected chi connectivity index (χ4v) is 0.956.